The molecule has 0 bridgehead atoms. The van der Waals surface area contributed by atoms with E-state index in [0.29, 0.717) is 17.1 Å². The Bertz CT molecular complexity index is 888. The van der Waals surface area contributed by atoms with Gasteiger partial charge in [0.2, 0.25) is 5.82 Å². The zero-order valence-electron chi connectivity index (χ0n) is 13.9. The van der Waals surface area contributed by atoms with E-state index < -0.39 is 5.97 Å². The predicted molar refractivity (Wildman–Crippen MR) is 91.0 cm³/mol. The normalized spacial score (nSPS) is 10.5. The number of hydrogen-bond donors (Lipinski definition) is 1. The van der Waals surface area contributed by atoms with Crippen LogP contribution in [0.5, 0.6) is 5.75 Å². The fourth-order valence-corrected chi connectivity index (χ4v) is 2.23. The first-order valence-corrected chi connectivity index (χ1v) is 7.57. The molecule has 128 valence electrons. The molecule has 0 radical (unpaired) electrons. The molecule has 0 fully saturated rings. The summed E-state index contributed by atoms with van der Waals surface area (Å²) in [6.07, 6.45) is 0. The summed E-state index contributed by atoms with van der Waals surface area (Å²) in [5.41, 5.74) is 8.18. The van der Waals surface area contributed by atoms with Gasteiger partial charge in [-0.3, -0.25) is 0 Å². The minimum absolute atomic E-state index is 0.105. The Kier molecular flexibility index (Phi) is 4.65. The first kappa shape index (κ1) is 16.5. The van der Waals surface area contributed by atoms with E-state index in [9.17, 15) is 4.79 Å². The van der Waals surface area contributed by atoms with Crippen molar-refractivity contribution in [2.45, 2.75) is 13.5 Å². The van der Waals surface area contributed by atoms with Crippen molar-refractivity contribution >= 4 is 11.7 Å². The number of ether oxygens (including phenoxy) is 2. The van der Waals surface area contributed by atoms with Gasteiger partial charge in [-0.1, -0.05) is 17.3 Å². The van der Waals surface area contributed by atoms with E-state index in [1.54, 1.807) is 43.5 Å². The fraction of sp³-hybridized carbons (Fsp3) is 0.167. The van der Waals surface area contributed by atoms with Crippen LogP contribution in [0, 0.1) is 6.92 Å². The van der Waals surface area contributed by atoms with Gasteiger partial charge in [-0.2, -0.15) is 4.98 Å². The molecule has 25 heavy (non-hydrogen) atoms. The molecule has 7 heteroatoms. The number of para-hydroxylation sites is 1. The number of rotatable bonds is 5. The molecule has 0 amide bonds. The van der Waals surface area contributed by atoms with Crippen molar-refractivity contribution in [1.82, 2.24) is 10.1 Å². The quantitative estimate of drug-likeness (QED) is 0.563. The van der Waals surface area contributed by atoms with Crippen LogP contribution in [0.15, 0.2) is 47.0 Å². The highest BCUT2D eigenvalue weighted by Gasteiger charge is 2.15. The van der Waals surface area contributed by atoms with E-state index in [0.717, 1.165) is 16.9 Å². The van der Waals surface area contributed by atoms with Crippen molar-refractivity contribution in [2.75, 3.05) is 12.8 Å². The Morgan fingerprint density at radius 3 is 2.68 bits per heavy atom. The summed E-state index contributed by atoms with van der Waals surface area (Å²) in [6, 6.07) is 12.4. The van der Waals surface area contributed by atoms with E-state index in [1.165, 1.54) is 0 Å². The maximum atomic E-state index is 12.1. The summed E-state index contributed by atoms with van der Waals surface area (Å²) in [5, 5.41) is 3.81. The summed E-state index contributed by atoms with van der Waals surface area (Å²) < 4.78 is 15.5. The van der Waals surface area contributed by atoms with Gasteiger partial charge in [0.25, 0.3) is 5.89 Å². The van der Waals surface area contributed by atoms with Crippen LogP contribution in [0.25, 0.3) is 11.5 Å². The first-order chi connectivity index (χ1) is 12.1. The number of carbonyl (C=O) groups excluding carboxylic acids is 1. The van der Waals surface area contributed by atoms with Crippen LogP contribution in [0.2, 0.25) is 0 Å². The SMILES string of the molecule is COc1ccc(-c2nc(COC(=O)c3cccc(C)c3N)no2)cc1. The molecule has 3 aromatic rings. The molecule has 3 rings (SSSR count). The molecule has 2 aromatic carbocycles. The fourth-order valence-electron chi connectivity index (χ4n) is 2.23. The van der Waals surface area contributed by atoms with Gasteiger partial charge in [-0.05, 0) is 42.8 Å². The molecule has 0 spiro atoms. The second kappa shape index (κ2) is 7.04. The molecule has 0 unspecified atom stereocenters. The smallest absolute Gasteiger partial charge is 0.340 e. The molecule has 0 saturated heterocycles. The van der Waals surface area contributed by atoms with Crippen LogP contribution in [0.4, 0.5) is 5.69 Å². The average Bonchev–Trinajstić information content (AvgIpc) is 3.11. The zero-order valence-corrected chi connectivity index (χ0v) is 13.9. The van der Waals surface area contributed by atoms with Crippen molar-refractivity contribution in [1.29, 1.82) is 0 Å². The largest absolute Gasteiger partial charge is 0.497 e. The number of nitrogen functional groups attached to an aromatic ring is 1. The van der Waals surface area contributed by atoms with Crippen molar-refractivity contribution in [2.24, 2.45) is 0 Å². The molecular weight excluding hydrogens is 322 g/mol. The lowest BCUT2D eigenvalue weighted by atomic mass is 10.1. The van der Waals surface area contributed by atoms with Crippen molar-refractivity contribution in [3.05, 3.63) is 59.4 Å². The third-order valence-corrected chi connectivity index (χ3v) is 3.68. The Balaban J connectivity index is 1.67. The molecule has 0 aliphatic rings. The second-order valence-corrected chi connectivity index (χ2v) is 5.36. The number of nitrogens with zero attached hydrogens (tertiary/aromatic N) is 2. The molecule has 7 nitrogen and oxygen atoms in total. The Morgan fingerprint density at radius 1 is 1.20 bits per heavy atom. The number of nitrogens with two attached hydrogens (primary N) is 1. The summed E-state index contributed by atoms with van der Waals surface area (Å²) >= 11 is 0. The van der Waals surface area contributed by atoms with E-state index in [4.69, 9.17) is 19.7 Å². The number of aryl methyl sites for hydroxylation is 1. The van der Waals surface area contributed by atoms with Crippen LogP contribution in [0.1, 0.15) is 21.7 Å². The summed E-state index contributed by atoms with van der Waals surface area (Å²) in [6.45, 7) is 1.72. The molecule has 0 atom stereocenters. The van der Waals surface area contributed by atoms with E-state index in [-0.39, 0.29) is 12.4 Å². The number of esters is 1. The van der Waals surface area contributed by atoms with Crippen LogP contribution < -0.4 is 10.5 Å². The summed E-state index contributed by atoms with van der Waals surface area (Å²) in [7, 11) is 1.59. The first-order valence-electron chi connectivity index (χ1n) is 7.57. The second-order valence-electron chi connectivity index (χ2n) is 5.36. The van der Waals surface area contributed by atoms with Crippen LogP contribution in [0.3, 0.4) is 0 Å². The topological polar surface area (TPSA) is 100 Å². The number of aromatic nitrogens is 2. The third-order valence-electron chi connectivity index (χ3n) is 3.68. The lowest BCUT2D eigenvalue weighted by Gasteiger charge is -2.07. The number of hydrogen-bond acceptors (Lipinski definition) is 7. The van der Waals surface area contributed by atoms with E-state index >= 15 is 0 Å². The minimum atomic E-state index is -0.531. The molecule has 0 aliphatic carbocycles. The monoisotopic (exact) mass is 339 g/mol. The van der Waals surface area contributed by atoms with Gasteiger partial charge in [0.05, 0.1) is 12.7 Å². The summed E-state index contributed by atoms with van der Waals surface area (Å²) in [4.78, 5) is 16.4. The van der Waals surface area contributed by atoms with Crippen molar-refractivity contribution in [3.63, 3.8) is 0 Å². The highest BCUT2D eigenvalue weighted by Crippen LogP contribution is 2.21. The maximum Gasteiger partial charge on any atom is 0.340 e. The maximum absolute atomic E-state index is 12.1. The van der Waals surface area contributed by atoms with Crippen LogP contribution >= 0.6 is 0 Å². The van der Waals surface area contributed by atoms with E-state index in [2.05, 4.69) is 10.1 Å². The molecule has 2 N–H and O–H groups in total. The number of benzene rings is 2. The van der Waals surface area contributed by atoms with E-state index in [1.807, 2.05) is 13.0 Å². The van der Waals surface area contributed by atoms with Gasteiger partial charge in [0.1, 0.15) is 5.75 Å². The number of methoxy groups -OCH3 is 1. The number of carbonyl (C=O) groups is 1. The van der Waals surface area contributed by atoms with Gasteiger partial charge in [-0.15, -0.1) is 0 Å². The highest BCUT2D eigenvalue weighted by atomic mass is 16.5. The third kappa shape index (κ3) is 3.60. The zero-order chi connectivity index (χ0) is 17.8. The van der Waals surface area contributed by atoms with Gasteiger partial charge in [0, 0.05) is 11.3 Å². The Labute approximate surface area is 144 Å². The van der Waals surface area contributed by atoms with Crippen molar-refractivity contribution in [3.8, 4) is 17.2 Å². The van der Waals surface area contributed by atoms with Crippen LogP contribution in [-0.2, 0) is 11.3 Å². The minimum Gasteiger partial charge on any atom is -0.497 e. The van der Waals surface area contributed by atoms with Gasteiger partial charge in [0.15, 0.2) is 6.61 Å². The Hall–Kier alpha value is -3.35. The molecule has 0 aliphatic heterocycles. The lowest BCUT2D eigenvalue weighted by molar-refractivity contribution is 0.0461. The molecule has 0 saturated carbocycles. The van der Waals surface area contributed by atoms with Crippen LogP contribution in [-0.4, -0.2) is 23.2 Å². The number of anilines is 1. The predicted octanol–water partition coefficient (Wildman–Crippen LogP) is 2.99. The average molecular weight is 339 g/mol. The molecule has 1 aromatic heterocycles. The van der Waals surface area contributed by atoms with Gasteiger partial charge in [-0.25, -0.2) is 4.79 Å². The molecule has 1 heterocycles. The van der Waals surface area contributed by atoms with Gasteiger partial charge >= 0.3 is 5.97 Å². The van der Waals surface area contributed by atoms with Gasteiger partial charge < -0.3 is 19.7 Å². The Morgan fingerprint density at radius 2 is 1.96 bits per heavy atom. The standard InChI is InChI=1S/C18H17N3O4/c1-11-4-3-5-14(16(11)19)18(22)24-10-15-20-17(25-21-15)12-6-8-13(23-2)9-7-12/h3-9H,10,19H2,1-2H3. The lowest BCUT2D eigenvalue weighted by Crippen LogP contribution is -2.09. The summed E-state index contributed by atoms with van der Waals surface area (Å²) in [5.74, 6) is 0.805. The highest BCUT2D eigenvalue weighted by molar-refractivity contribution is 5.95. The van der Waals surface area contributed by atoms with Crippen molar-refractivity contribution < 1.29 is 18.8 Å². The molecular formula is C18H17N3O4.